The summed E-state index contributed by atoms with van der Waals surface area (Å²) >= 11 is 0. The number of carbonyl (C=O) groups is 2. The molecular weight excluding hydrogens is 248 g/mol. The zero-order valence-electron chi connectivity index (χ0n) is 10.7. The molecule has 6 nitrogen and oxygen atoms in total. The number of carboxylic acids is 1. The average molecular weight is 264 g/mol. The van der Waals surface area contributed by atoms with Gasteiger partial charge in [0.05, 0.1) is 12.7 Å². The molecule has 2 aliphatic rings. The van der Waals surface area contributed by atoms with Gasteiger partial charge in [0.2, 0.25) is 11.8 Å². The van der Waals surface area contributed by atoms with Crippen LogP contribution in [0.1, 0.15) is 43.8 Å². The Morgan fingerprint density at radius 3 is 2.79 bits per heavy atom. The molecule has 19 heavy (non-hydrogen) atoms. The van der Waals surface area contributed by atoms with E-state index in [4.69, 9.17) is 9.52 Å². The molecule has 1 aromatic heterocycles. The van der Waals surface area contributed by atoms with E-state index < -0.39 is 17.3 Å². The molecule has 0 bridgehead atoms. The molecule has 2 aliphatic carbocycles. The predicted molar refractivity (Wildman–Crippen MR) is 64.2 cm³/mol. The zero-order valence-corrected chi connectivity index (χ0v) is 10.7. The number of oxazole rings is 1. The molecule has 2 atom stereocenters. The van der Waals surface area contributed by atoms with Crippen LogP contribution in [0.15, 0.2) is 10.6 Å². The van der Waals surface area contributed by atoms with Crippen LogP contribution < -0.4 is 5.32 Å². The van der Waals surface area contributed by atoms with Gasteiger partial charge in [-0.05, 0) is 25.2 Å². The van der Waals surface area contributed by atoms with Gasteiger partial charge in [0.25, 0.3) is 0 Å². The van der Waals surface area contributed by atoms with Crippen LogP contribution in [0.5, 0.6) is 0 Å². The summed E-state index contributed by atoms with van der Waals surface area (Å²) in [5.74, 6) is 0.158. The van der Waals surface area contributed by atoms with Crippen LogP contribution in [0.25, 0.3) is 0 Å². The minimum Gasteiger partial charge on any atom is -0.480 e. The van der Waals surface area contributed by atoms with Crippen molar-refractivity contribution in [3.63, 3.8) is 0 Å². The molecule has 1 amide bonds. The lowest BCUT2D eigenvalue weighted by Gasteiger charge is -2.10. The van der Waals surface area contributed by atoms with Crippen molar-refractivity contribution in [3.05, 3.63) is 17.8 Å². The van der Waals surface area contributed by atoms with Gasteiger partial charge in [0, 0.05) is 5.92 Å². The van der Waals surface area contributed by atoms with Gasteiger partial charge >= 0.3 is 5.97 Å². The third-order valence-corrected chi connectivity index (χ3v) is 4.05. The molecule has 2 saturated carbocycles. The Labute approximate surface area is 110 Å². The molecule has 0 saturated heterocycles. The van der Waals surface area contributed by atoms with Crippen LogP contribution in [-0.2, 0) is 16.1 Å². The van der Waals surface area contributed by atoms with E-state index in [9.17, 15) is 9.59 Å². The second kappa shape index (κ2) is 4.08. The van der Waals surface area contributed by atoms with E-state index in [0.717, 1.165) is 18.6 Å². The first kappa shape index (κ1) is 12.2. The summed E-state index contributed by atoms with van der Waals surface area (Å²) in [5.41, 5.74) is -1.24. The summed E-state index contributed by atoms with van der Waals surface area (Å²) in [6.07, 6.45) is 4.33. The number of hydrogen-bond acceptors (Lipinski definition) is 4. The highest BCUT2D eigenvalue weighted by Gasteiger charge is 2.63. The minimum atomic E-state index is -1.24. The number of nitrogens with one attached hydrogen (secondary N) is 1. The van der Waals surface area contributed by atoms with Gasteiger partial charge in [-0.1, -0.05) is 6.92 Å². The van der Waals surface area contributed by atoms with Crippen molar-refractivity contribution in [3.8, 4) is 0 Å². The van der Waals surface area contributed by atoms with Gasteiger partial charge in [-0.3, -0.25) is 9.59 Å². The smallest absolute Gasteiger partial charge is 0.319 e. The summed E-state index contributed by atoms with van der Waals surface area (Å²) in [6, 6.07) is 0. The topological polar surface area (TPSA) is 92.4 Å². The third kappa shape index (κ3) is 2.01. The van der Waals surface area contributed by atoms with Crippen molar-refractivity contribution in [2.45, 2.75) is 38.6 Å². The van der Waals surface area contributed by atoms with E-state index in [1.54, 1.807) is 13.1 Å². The molecule has 0 aromatic carbocycles. The van der Waals surface area contributed by atoms with Crippen molar-refractivity contribution >= 4 is 11.9 Å². The molecule has 6 heteroatoms. The molecule has 2 N–H and O–H groups in total. The summed E-state index contributed by atoms with van der Waals surface area (Å²) in [7, 11) is 0. The molecule has 102 valence electrons. The van der Waals surface area contributed by atoms with Gasteiger partial charge in [0.1, 0.15) is 11.2 Å². The Balaban J connectivity index is 1.59. The molecule has 0 aliphatic heterocycles. The maximum atomic E-state index is 11.9. The van der Waals surface area contributed by atoms with E-state index in [-0.39, 0.29) is 12.5 Å². The molecule has 0 spiro atoms. The highest BCUT2D eigenvalue weighted by Crippen LogP contribution is 2.52. The van der Waals surface area contributed by atoms with Crippen LogP contribution in [-0.4, -0.2) is 22.0 Å². The number of rotatable bonds is 5. The second-order valence-electron chi connectivity index (χ2n) is 5.49. The van der Waals surface area contributed by atoms with E-state index in [2.05, 4.69) is 10.3 Å². The standard InChI is InChI=1S/C13H16N2O4/c1-7-4-13(7,12(17)18)11(16)15-6-10-14-5-9(19-10)8-2-3-8/h5,7-8H,2-4,6H2,1H3,(H,15,16)(H,17,18). The summed E-state index contributed by atoms with van der Waals surface area (Å²) < 4.78 is 5.51. The maximum Gasteiger partial charge on any atom is 0.319 e. The monoisotopic (exact) mass is 264 g/mol. The Kier molecular flexibility index (Phi) is 2.62. The largest absolute Gasteiger partial charge is 0.480 e. The van der Waals surface area contributed by atoms with Gasteiger partial charge in [-0.25, -0.2) is 4.98 Å². The first-order valence-electron chi connectivity index (χ1n) is 6.50. The Bertz CT molecular complexity index is 535. The van der Waals surface area contributed by atoms with Crippen molar-refractivity contribution in [2.75, 3.05) is 0 Å². The molecule has 0 radical (unpaired) electrons. The van der Waals surface area contributed by atoms with E-state index in [1.165, 1.54) is 0 Å². The molecular formula is C13H16N2O4. The van der Waals surface area contributed by atoms with Crippen molar-refractivity contribution < 1.29 is 19.1 Å². The fourth-order valence-corrected chi connectivity index (χ4v) is 2.41. The van der Waals surface area contributed by atoms with E-state index >= 15 is 0 Å². The lowest BCUT2D eigenvalue weighted by Crippen LogP contribution is -2.37. The van der Waals surface area contributed by atoms with Gasteiger partial charge in [0.15, 0.2) is 0 Å². The number of nitrogens with zero attached hydrogens (tertiary/aromatic N) is 1. The van der Waals surface area contributed by atoms with Crippen LogP contribution in [0.4, 0.5) is 0 Å². The third-order valence-electron chi connectivity index (χ3n) is 4.05. The van der Waals surface area contributed by atoms with Crippen LogP contribution in [0, 0.1) is 11.3 Å². The Morgan fingerprint density at radius 1 is 1.58 bits per heavy atom. The lowest BCUT2D eigenvalue weighted by atomic mass is 10.0. The lowest BCUT2D eigenvalue weighted by molar-refractivity contribution is -0.149. The van der Waals surface area contributed by atoms with Crippen molar-refractivity contribution in [1.82, 2.24) is 10.3 Å². The Morgan fingerprint density at radius 2 is 2.26 bits per heavy atom. The molecule has 1 heterocycles. The number of aromatic nitrogens is 1. The highest BCUT2D eigenvalue weighted by molar-refractivity contribution is 6.05. The van der Waals surface area contributed by atoms with E-state index in [0.29, 0.717) is 18.2 Å². The average Bonchev–Trinajstić information content (AvgIpc) is 3.27. The zero-order chi connectivity index (χ0) is 13.6. The number of carboxylic acid groups (broad SMARTS) is 1. The van der Waals surface area contributed by atoms with Gasteiger partial charge < -0.3 is 14.8 Å². The fraction of sp³-hybridized carbons (Fsp3) is 0.615. The SMILES string of the molecule is CC1CC1(C(=O)O)C(=O)NCc1ncc(C2CC2)o1. The van der Waals surface area contributed by atoms with Gasteiger partial charge in [-0.15, -0.1) is 0 Å². The summed E-state index contributed by atoms with van der Waals surface area (Å²) in [4.78, 5) is 27.2. The first-order valence-corrected chi connectivity index (χ1v) is 6.50. The Hall–Kier alpha value is -1.85. The summed E-state index contributed by atoms with van der Waals surface area (Å²) in [6.45, 7) is 1.91. The van der Waals surface area contributed by atoms with Crippen LogP contribution in [0.3, 0.4) is 0 Å². The quantitative estimate of drug-likeness (QED) is 0.781. The number of amides is 1. The number of hydrogen-bond donors (Lipinski definition) is 2. The molecule has 2 unspecified atom stereocenters. The number of carbonyl (C=O) groups excluding carboxylic acids is 1. The summed E-state index contributed by atoms with van der Waals surface area (Å²) in [5, 5.41) is 11.7. The second-order valence-corrected chi connectivity index (χ2v) is 5.49. The normalized spacial score (nSPS) is 29.0. The highest BCUT2D eigenvalue weighted by atomic mass is 16.4. The minimum absolute atomic E-state index is 0.114. The van der Waals surface area contributed by atoms with E-state index in [1.807, 2.05) is 0 Å². The van der Waals surface area contributed by atoms with Crippen LogP contribution >= 0.6 is 0 Å². The predicted octanol–water partition coefficient (Wildman–Crippen LogP) is 1.28. The van der Waals surface area contributed by atoms with Crippen LogP contribution in [0.2, 0.25) is 0 Å². The van der Waals surface area contributed by atoms with Crippen molar-refractivity contribution in [1.29, 1.82) is 0 Å². The first-order chi connectivity index (χ1) is 9.04. The molecule has 3 rings (SSSR count). The molecule has 2 fully saturated rings. The molecule has 1 aromatic rings. The maximum absolute atomic E-state index is 11.9. The fourth-order valence-electron chi connectivity index (χ4n) is 2.41. The van der Waals surface area contributed by atoms with Crippen molar-refractivity contribution in [2.24, 2.45) is 11.3 Å². The van der Waals surface area contributed by atoms with Gasteiger partial charge in [-0.2, -0.15) is 0 Å². The number of aliphatic carboxylic acids is 1.